The lowest BCUT2D eigenvalue weighted by atomic mass is 10.0. The summed E-state index contributed by atoms with van der Waals surface area (Å²) in [6.07, 6.45) is 2.08. The van der Waals surface area contributed by atoms with E-state index in [1.54, 1.807) is 6.92 Å². The Hall–Kier alpha value is -0.440. The molecule has 2 nitrogen and oxygen atoms in total. The Kier molecular flexibility index (Phi) is 3.20. The standard InChI is InChI=1S/C9H14O2S/c1-6(9(10)11)8-4-3-5-12-7(8)2/h7H,3-5H2,1-2H3,(H,10,11)/b8-6+. The first-order valence-electron chi connectivity index (χ1n) is 4.17. The summed E-state index contributed by atoms with van der Waals surface area (Å²) in [5.41, 5.74) is 1.67. The second-order valence-corrected chi connectivity index (χ2v) is 4.52. The maximum Gasteiger partial charge on any atom is 0.331 e. The zero-order valence-corrected chi connectivity index (χ0v) is 8.28. The first-order chi connectivity index (χ1) is 5.63. The van der Waals surface area contributed by atoms with Gasteiger partial charge in [-0.3, -0.25) is 0 Å². The summed E-state index contributed by atoms with van der Waals surface area (Å²) < 4.78 is 0. The highest BCUT2D eigenvalue weighted by atomic mass is 32.2. The van der Waals surface area contributed by atoms with E-state index in [2.05, 4.69) is 6.92 Å². The van der Waals surface area contributed by atoms with Gasteiger partial charge in [-0.1, -0.05) is 0 Å². The van der Waals surface area contributed by atoms with Crippen LogP contribution in [0.2, 0.25) is 0 Å². The fraction of sp³-hybridized carbons (Fsp3) is 0.667. The SMILES string of the molecule is C/C(C(=O)O)=C1/CCCSC1C. The summed E-state index contributed by atoms with van der Waals surface area (Å²) in [7, 11) is 0. The van der Waals surface area contributed by atoms with Crippen molar-refractivity contribution in [3.8, 4) is 0 Å². The molecule has 0 amide bonds. The Morgan fingerprint density at radius 1 is 1.67 bits per heavy atom. The predicted molar refractivity (Wildman–Crippen MR) is 51.5 cm³/mol. The summed E-state index contributed by atoms with van der Waals surface area (Å²) in [5.74, 6) is 0.400. The van der Waals surface area contributed by atoms with Gasteiger partial charge in [0.2, 0.25) is 0 Å². The van der Waals surface area contributed by atoms with E-state index >= 15 is 0 Å². The number of hydrogen-bond donors (Lipinski definition) is 1. The van der Waals surface area contributed by atoms with Crippen LogP contribution in [0.25, 0.3) is 0 Å². The molecule has 0 aromatic rings. The summed E-state index contributed by atoms with van der Waals surface area (Å²) in [4.78, 5) is 10.7. The predicted octanol–water partition coefficient (Wildman–Crippen LogP) is 2.30. The molecule has 0 aliphatic carbocycles. The van der Waals surface area contributed by atoms with Gasteiger partial charge in [-0.05, 0) is 38.0 Å². The molecule has 1 N–H and O–H groups in total. The first-order valence-corrected chi connectivity index (χ1v) is 5.22. The number of aliphatic carboxylic acids is 1. The van der Waals surface area contributed by atoms with Crippen molar-refractivity contribution in [2.45, 2.75) is 31.9 Å². The van der Waals surface area contributed by atoms with Crippen molar-refractivity contribution < 1.29 is 9.90 Å². The van der Waals surface area contributed by atoms with E-state index in [0.29, 0.717) is 10.8 Å². The largest absolute Gasteiger partial charge is 0.478 e. The van der Waals surface area contributed by atoms with Crippen molar-refractivity contribution in [2.24, 2.45) is 0 Å². The smallest absolute Gasteiger partial charge is 0.331 e. The highest BCUT2D eigenvalue weighted by Gasteiger charge is 2.19. The fourth-order valence-electron chi connectivity index (χ4n) is 1.46. The van der Waals surface area contributed by atoms with Crippen LogP contribution >= 0.6 is 11.8 Å². The van der Waals surface area contributed by atoms with Crippen LogP contribution in [-0.2, 0) is 4.79 Å². The monoisotopic (exact) mass is 186 g/mol. The van der Waals surface area contributed by atoms with E-state index in [-0.39, 0.29) is 0 Å². The van der Waals surface area contributed by atoms with Crippen LogP contribution in [-0.4, -0.2) is 22.1 Å². The molecule has 3 heteroatoms. The van der Waals surface area contributed by atoms with Crippen LogP contribution in [0.1, 0.15) is 26.7 Å². The van der Waals surface area contributed by atoms with Gasteiger partial charge in [0.1, 0.15) is 0 Å². The van der Waals surface area contributed by atoms with E-state index in [1.165, 1.54) is 0 Å². The number of hydrogen-bond acceptors (Lipinski definition) is 2. The molecule has 68 valence electrons. The average Bonchev–Trinajstić information content (AvgIpc) is 2.04. The molecule has 0 spiro atoms. The lowest BCUT2D eigenvalue weighted by Gasteiger charge is -2.22. The van der Waals surface area contributed by atoms with Crippen molar-refractivity contribution in [3.63, 3.8) is 0 Å². The summed E-state index contributed by atoms with van der Waals surface area (Å²) in [6.45, 7) is 3.80. The zero-order chi connectivity index (χ0) is 9.14. The van der Waals surface area contributed by atoms with Crippen molar-refractivity contribution in [1.82, 2.24) is 0 Å². The van der Waals surface area contributed by atoms with Gasteiger partial charge in [-0.25, -0.2) is 4.79 Å². The third-order valence-corrected chi connectivity index (χ3v) is 3.56. The van der Waals surface area contributed by atoms with E-state index in [1.807, 2.05) is 11.8 Å². The van der Waals surface area contributed by atoms with E-state index < -0.39 is 5.97 Å². The first kappa shape index (κ1) is 9.65. The molecular weight excluding hydrogens is 172 g/mol. The van der Waals surface area contributed by atoms with Crippen LogP contribution in [0.3, 0.4) is 0 Å². The van der Waals surface area contributed by atoms with Gasteiger partial charge in [-0.2, -0.15) is 11.8 Å². The molecule has 1 rings (SSSR count). The topological polar surface area (TPSA) is 37.3 Å². The second-order valence-electron chi connectivity index (χ2n) is 3.07. The lowest BCUT2D eigenvalue weighted by Crippen LogP contribution is -2.14. The summed E-state index contributed by atoms with van der Waals surface area (Å²) in [6, 6.07) is 0. The van der Waals surface area contributed by atoms with Gasteiger partial charge in [0.05, 0.1) is 0 Å². The quantitative estimate of drug-likeness (QED) is 0.638. The van der Waals surface area contributed by atoms with Crippen molar-refractivity contribution in [2.75, 3.05) is 5.75 Å². The minimum atomic E-state index is -0.764. The van der Waals surface area contributed by atoms with Crippen LogP contribution < -0.4 is 0 Å². The van der Waals surface area contributed by atoms with Gasteiger partial charge in [0.25, 0.3) is 0 Å². The molecule has 1 aliphatic heterocycles. The van der Waals surface area contributed by atoms with Gasteiger partial charge in [-0.15, -0.1) is 0 Å². The molecule has 0 saturated carbocycles. The maximum absolute atomic E-state index is 10.7. The number of carboxylic acid groups (broad SMARTS) is 1. The molecule has 0 bridgehead atoms. The van der Waals surface area contributed by atoms with Crippen molar-refractivity contribution in [1.29, 1.82) is 0 Å². The Balaban J connectivity index is 2.82. The molecule has 1 unspecified atom stereocenters. The molecule has 0 aromatic carbocycles. The van der Waals surface area contributed by atoms with Gasteiger partial charge < -0.3 is 5.11 Å². The summed E-state index contributed by atoms with van der Waals surface area (Å²) >= 11 is 1.85. The molecule has 1 heterocycles. The normalized spacial score (nSPS) is 28.3. The number of thioether (sulfide) groups is 1. The summed E-state index contributed by atoms with van der Waals surface area (Å²) in [5, 5.41) is 9.18. The third-order valence-electron chi connectivity index (χ3n) is 2.25. The molecule has 12 heavy (non-hydrogen) atoms. The molecule has 1 atom stereocenters. The molecule has 1 fully saturated rings. The fourth-order valence-corrected chi connectivity index (χ4v) is 2.62. The number of carbonyl (C=O) groups is 1. The molecule has 1 saturated heterocycles. The van der Waals surface area contributed by atoms with Crippen molar-refractivity contribution >= 4 is 17.7 Å². The van der Waals surface area contributed by atoms with Gasteiger partial charge in [0, 0.05) is 10.8 Å². The van der Waals surface area contributed by atoms with Crippen molar-refractivity contribution in [3.05, 3.63) is 11.1 Å². The van der Waals surface area contributed by atoms with Gasteiger partial charge >= 0.3 is 5.97 Å². The van der Waals surface area contributed by atoms with Crippen LogP contribution in [0, 0.1) is 0 Å². The van der Waals surface area contributed by atoms with Crippen LogP contribution in [0.4, 0.5) is 0 Å². The second kappa shape index (κ2) is 3.99. The molecule has 1 aliphatic rings. The Labute approximate surface area is 77.0 Å². The van der Waals surface area contributed by atoms with E-state index in [4.69, 9.17) is 5.11 Å². The Bertz CT molecular complexity index is 221. The maximum atomic E-state index is 10.7. The van der Waals surface area contributed by atoms with E-state index in [0.717, 1.165) is 24.2 Å². The molecule has 0 aromatic heterocycles. The highest BCUT2D eigenvalue weighted by Crippen LogP contribution is 2.31. The van der Waals surface area contributed by atoms with Gasteiger partial charge in [0.15, 0.2) is 0 Å². The minimum absolute atomic E-state index is 0.398. The number of carboxylic acids is 1. The van der Waals surface area contributed by atoms with E-state index in [9.17, 15) is 4.79 Å². The molecule has 0 radical (unpaired) electrons. The van der Waals surface area contributed by atoms with Crippen LogP contribution in [0.15, 0.2) is 11.1 Å². The molecular formula is C9H14O2S. The lowest BCUT2D eigenvalue weighted by molar-refractivity contribution is -0.132. The highest BCUT2D eigenvalue weighted by molar-refractivity contribution is 8.00. The number of rotatable bonds is 1. The van der Waals surface area contributed by atoms with Crippen LogP contribution in [0.5, 0.6) is 0 Å². The average molecular weight is 186 g/mol. The third kappa shape index (κ3) is 2.03. The Morgan fingerprint density at radius 3 is 2.83 bits per heavy atom. The zero-order valence-electron chi connectivity index (χ0n) is 7.46. The Morgan fingerprint density at radius 2 is 2.33 bits per heavy atom. The minimum Gasteiger partial charge on any atom is -0.478 e.